The Morgan fingerprint density at radius 2 is 2.10 bits per heavy atom. The van der Waals surface area contributed by atoms with Gasteiger partial charge in [-0.25, -0.2) is 13.1 Å². The summed E-state index contributed by atoms with van der Waals surface area (Å²) in [6.45, 7) is -0.275. The minimum absolute atomic E-state index is 0.0635. The van der Waals surface area contributed by atoms with E-state index in [-0.39, 0.29) is 17.4 Å². The van der Waals surface area contributed by atoms with Gasteiger partial charge in [0.15, 0.2) is 21.2 Å². The quantitative estimate of drug-likeness (QED) is 0.337. The number of amides is 1. The first-order valence-corrected chi connectivity index (χ1v) is 10.6. The average molecular weight is 465 g/mol. The second-order valence-corrected chi connectivity index (χ2v) is 8.78. The zero-order valence-corrected chi connectivity index (χ0v) is 16.9. The van der Waals surface area contributed by atoms with Gasteiger partial charge in [0.1, 0.15) is 11.4 Å². The molecule has 1 amide bonds. The van der Waals surface area contributed by atoms with Gasteiger partial charge >= 0.3 is 6.18 Å². The van der Waals surface area contributed by atoms with E-state index in [4.69, 9.17) is 18.0 Å². The summed E-state index contributed by atoms with van der Waals surface area (Å²) in [5.41, 5.74) is 0.400. The summed E-state index contributed by atoms with van der Waals surface area (Å²) in [5, 5.41) is 15.3. The summed E-state index contributed by atoms with van der Waals surface area (Å²) in [6, 6.07) is 3.02. The molecule has 2 aromatic heterocycles. The third kappa shape index (κ3) is 6.64. The fraction of sp³-hybridized carbons (Fsp3) is 0.353. The summed E-state index contributed by atoms with van der Waals surface area (Å²) in [6.07, 6.45) is 2.35. The standard InChI is InChI=1S/C17H16ClF3N4O4S/c1-2-7-24(15(26)5-9-30(28,29)10-6-17(19,20)21)14-12-25(22-16(14)18)13-4-3-8-23(27)11-13/h1,3-4,8,11-12H,5-7,9-10H2. The molecule has 0 N–H and O–H groups in total. The van der Waals surface area contributed by atoms with E-state index in [0.717, 1.165) is 4.90 Å². The molecule has 0 fully saturated rings. The number of carbonyl (C=O) groups excluding carboxylic acids is 1. The number of alkyl halides is 3. The Labute approximate surface area is 175 Å². The second-order valence-electron chi connectivity index (χ2n) is 6.12. The second kappa shape index (κ2) is 9.36. The molecule has 162 valence electrons. The van der Waals surface area contributed by atoms with Crippen molar-refractivity contribution >= 4 is 33.0 Å². The summed E-state index contributed by atoms with van der Waals surface area (Å²) in [5.74, 6) is -0.405. The van der Waals surface area contributed by atoms with Crippen molar-refractivity contribution in [2.45, 2.75) is 19.0 Å². The highest BCUT2D eigenvalue weighted by Gasteiger charge is 2.30. The van der Waals surface area contributed by atoms with Crippen LogP contribution in [-0.4, -0.2) is 48.3 Å². The zero-order chi connectivity index (χ0) is 22.5. The molecule has 0 atom stereocenters. The molecule has 0 aliphatic carbocycles. The third-order valence-electron chi connectivity index (χ3n) is 3.84. The first kappa shape index (κ1) is 23.5. The summed E-state index contributed by atoms with van der Waals surface area (Å²) in [7, 11) is -4.10. The molecule has 30 heavy (non-hydrogen) atoms. The smallest absolute Gasteiger partial charge is 0.390 e. The maximum Gasteiger partial charge on any atom is 0.390 e. The van der Waals surface area contributed by atoms with Crippen LogP contribution < -0.4 is 9.63 Å². The van der Waals surface area contributed by atoms with Crippen molar-refractivity contribution in [1.82, 2.24) is 9.78 Å². The van der Waals surface area contributed by atoms with Crippen molar-refractivity contribution < 1.29 is 31.1 Å². The third-order valence-corrected chi connectivity index (χ3v) is 5.76. The summed E-state index contributed by atoms with van der Waals surface area (Å²) >= 11 is 6.08. The Morgan fingerprint density at radius 1 is 1.40 bits per heavy atom. The first-order chi connectivity index (χ1) is 13.9. The molecule has 0 bridgehead atoms. The number of halogens is 4. The Morgan fingerprint density at radius 3 is 2.70 bits per heavy atom. The SMILES string of the molecule is C#CCN(C(=O)CCS(=O)(=O)CCC(F)(F)F)c1cn(-c2ccc[n+]([O-])c2)nc1Cl. The molecule has 0 spiro atoms. The van der Waals surface area contributed by atoms with E-state index in [2.05, 4.69) is 11.0 Å². The molecule has 0 saturated heterocycles. The Kier molecular flexibility index (Phi) is 7.33. The van der Waals surface area contributed by atoms with Crippen LogP contribution in [0.2, 0.25) is 5.15 Å². The maximum absolute atomic E-state index is 12.5. The predicted molar refractivity (Wildman–Crippen MR) is 103 cm³/mol. The minimum atomic E-state index is -4.62. The highest BCUT2D eigenvalue weighted by molar-refractivity contribution is 7.91. The average Bonchev–Trinajstić information content (AvgIpc) is 3.04. The van der Waals surface area contributed by atoms with E-state index >= 15 is 0 Å². The Balaban J connectivity index is 2.17. The molecule has 2 rings (SSSR count). The van der Waals surface area contributed by atoms with Crippen molar-refractivity contribution in [2.24, 2.45) is 0 Å². The molecule has 0 aliphatic heterocycles. The molecule has 0 saturated carbocycles. The Hall–Kier alpha value is -2.78. The van der Waals surface area contributed by atoms with Gasteiger partial charge in [0.05, 0.1) is 30.7 Å². The van der Waals surface area contributed by atoms with Gasteiger partial charge in [0, 0.05) is 12.5 Å². The van der Waals surface area contributed by atoms with Crippen molar-refractivity contribution in [3.8, 4) is 18.0 Å². The molecular weight excluding hydrogens is 449 g/mol. The number of hydrogen-bond acceptors (Lipinski definition) is 5. The van der Waals surface area contributed by atoms with Gasteiger partial charge in [-0.15, -0.1) is 6.42 Å². The van der Waals surface area contributed by atoms with Gasteiger partial charge in [-0.3, -0.25) is 9.69 Å². The van der Waals surface area contributed by atoms with Gasteiger partial charge < -0.3 is 5.21 Å². The number of aromatic nitrogens is 3. The molecule has 0 aromatic carbocycles. The lowest BCUT2D eigenvalue weighted by atomic mass is 10.3. The van der Waals surface area contributed by atoms with Gasteiger partial charge in [-0.1, -0.05) is 17.5 Å². The van der Waals surface area contributed by atoms with Crippen LogP contribution in [0.3, 0.4) is 0 Å². The van der Waals surface area contributed by atoms with E-state index < -0.39 is 46.3 Å². The number of sulfone groups is 1. The largest absolute Gasteiger partial charge is 0.619 e. The van der Waals surface area contributed by atoms with Crippen LogP contribution in [0.25, 0.3) is 5.69 Å². The fourth-order valence-electron chi connectivity index (χ4n) is 2.39. The van der Waals surface area contributed by atoms with Crippen LogP contribution in [0.15, 0.2) is 30.7 Å². The Bertz CT molecular complexity index is 1060. The number of nitrogens with zero attached hydrogens (tertiary/aromatic N) is 4. The minimum Gasteiger partial charge on any atom is -0.619 e. The summed E-state index contributed by atoms with van der Waals surface area (Å²) < 4.78 is 62.1. The maximum atomic E-state index is 12.5. The van der Waals surface area contributed by atoms with E-state index in [9.17, 15) is 31.6 Å². The first-order valence-electron chi connectivity index (χ1n) is 8.37. The topological polar surface area (TPSA) is 99.2 Å². The molecule has 2 aromatic rings. The van der Waals surface area contributed by atoms with Crippen molar-refractivity contribution in [1.29, 1.82) is 0 Å². The van der Waals surface area contributed by atoms with Crippen LogP contribution in [0, 0.1) is 17.6 Å². The monoisotopic (exact) mass is 464 g/mol. The van der Waals surface area contributed by atoms with E-state index in [1.54, 1.807) is 6.07 Å². The number of pyridine rings is 1. The highest BCUT2D eigenvalue weighted by Crippen LogP contribution is 2.26. The number of rotatable bonds is 8. The lowest BCUT2D eigenvalue weighted by Gasteiger charge is -2.19. The van der Waals surface area contributed by atoms with Crippen molar-refractivity contribution in [3.63, 3.8) is 0 Å². The molecule has 0 radical (unpaired) electrons. The van der Waals surface area contributed by atoms with Crippen LogP contribution in [0.5, 0.6) is 0 Å². The number of hydrogen-bond donors (Lipinski definition) is 0. The van der Waals surface area contributed by atoms with E-state index in [1.165, 1.54) is 29.3 Å². The summed E-state index contributed by atoms with van der Waals surface area (Å²) in [4.78, 5) is 13.5. The van der Waals surface area contributed by atoms with Crippen LogP contribution in [-0.2, 0) is 14.6 Å². The van der Waals surface area contributed by atoms with Gasteiger partial charge in [0.2, 0.25) is 12.1 Å². The zero-order valence-electron chi connectivity index (χ0n) is 15.3. The van der Waals surface area contributed by atoms with E-state index in [1.807, 2.05) is 0 Å². The lowest BCUT2D eigenvalue weighted by molar-refractivity contribution is -0.605. The van der Waals surface area contributed by atoms with Gasteiger partial charge in [0.25, 0.3) is 0 Å². The van der Waals surface area contributed by atoms with Crippen LogP contribution in [0.4, 0.5) is 18.9 Å². The van der Waals surface area contributed by atoms with Gasteiger partial charge in [-0.2, -0.15) is 23.0 Å². The molecular formula is C17H16ClF3N4O4S. The highest BCUT2D eigenvalue weighted by atomic mass is 35.5. The van der Waals surface area contributed by atoms with Crippen LogP contribution in [0.1, 0.15) is 12.8 Å². The predicted octanol–water partition coefficient (Wildman–Crippen LogP) is 1.88. The van der Waals surface area contributed by atoms with Crippen molar-refractivity contribution in [2.75, 3.05) is 23.0 Å². The lowest BCUT2D eigenvalue weighted by Crippen LogP contribution is -2.33. The molecule has 8 nitrogen and oxygen atoms in total. The van der Waals surface area contributed by atoms with E-state index in [0.29, 0.717) is 10.4 Å². The normalized spacial score (nSPS) is 11.8. The number of anilines is 1. The van der Waals surface area contributed by atoms with Gasteiger partial charge in [-0.05, 0) is 6.07 Å². The molecule has 2 heterocycles. The molecule has 0 unspecified atom stereocenters. The number of terminal acetylenes is 1. The number of carbonyl (C=O) groups is 1. The molecule has 13 heteroatoms. The van der Waals surface area contributed by atoms with Crippen molar-refractivity contribution in [3.05, 3.63) is 41.1 Å². The van der Waals surface area contributed by atoms with Crippen LogP contribution >= 0.6 is 11.6 Å². The fourth-order valence-corrected chi connectivity index (χ4v) is 3.85. The molecule has 0 aliphatic rings.